The highest BCUT2D eigenvalue weighted by molar-refractivity contribution is 6.00. The molecule has 2 heteroatoms. The van der Waals surface area contributed by atoms with Crippen molar-refractivity contribution in [3.63, 3.8) is 0 Å². The summed E-state index contributed by atoms with van der Waals surface area (Å²) in [5, 5.41) is 11.3. The smallest absolute Gasteiger partial charge is 0.161 e. The van der Waals surface area contributed by atoms with Crippen LogP contribution in [0, 0.1) is 29.1 Å². The Morgan fingerprint density at radius 1 is 1.18 bits per heavy atom. The number of hydrogen-bond donors (Lipinski definition) is 1. The zero-order chi connectivity index (χ0) is 16.3. The zero-order valence-electron chi connectivity index (χ0n) is 14.9. The van der Waals surface area contributed by atoms with Crippen LogP contribution in [-0.4, -0.2) is 16.5 Å². The third-order valence-electron chi connectivity index (χ3n) is 7.45. The lowest BCUT2D eigenvalue weighted by Crippen LogP contribution is -2.42. The Labute approximate surface area is 135 Å². The SMILES string of the molecule is CC1=C2C[C@@]3(C)CC[C@H](C(C)C)[C@@H]3CC[C@H](C)C2(O)CC1=O. The number of ketones is 1. The third-order valence-corrected chi connectivity index (χ3v) is 7.45. The van der Waals surface area contributed by atoms with Gasteiger partial charge in [-0.2, -0.15) is 0 Å². The van der Waals surface area contributed by atoms with Crippen molar-refractivity contribution in [2.24, 2.45) is 29.1 Å². The van der Waals surface area contributed by atoms with E-state index >= 15 is 0 Å². The third kappa shape index (κ3) is 2.21. The predicted molar refractivity (Wildman–Crippen MR) is 89.4 cm³/mol. The summed E-state index contributed by atoms with van der Waals surface area (Å²) in [5.74, 6) is 2.66. The van der Waals surface area contributed by atoms with Crippen LogP contribution in [-0.2, 0) is 4.79 Å². The molecular formula is C20H32O2. The van der Waals surface area contributed by atoms with Gasteiger partial charge in [0.1, 0.15) is 0 Å². The molecule has 0 amide bonds. The number of fused-ring (bicyclic) bond motifs is 2. The fourth-order valence-electron chi connectivity index (χ4n) is 5.79. The first-order chi connectivity index (χ1) is 10.2. The van der Waals surface area contributed by atoms with Gasteiger partial charge in [0.05, 0.1) is 5.60 Å². The Bertz CT molecular complexity index is 518. The standard InChI is InChI=1S/C20H32O2/c1-12(2)15-8-9-19(5)10-17-14(4)18(21)11-20(17,22)13(3)6-7-16(15)19/h12-13,15-16,22H,6-11H2,1-5H3/t13-,15+,16-,19+,20?/m0/s1. The fraction of sp³-hybridized carbons (Fsp3) is 0.850. The average molecular weight is 304 g/mol. The van der Waals surface area contributed by atoms with Gasteiger partial charge in [-0.15, -0.1) is 0 Å². The molecule has 0 aromatic rings. The van der Waals surface area contributed by atoms with Crippen molar-refractivity contribution >= 4 is 5.78 Å². The summed E-state index contributed by atoms with van der Waals surface area (Å²) in [6, 6.07) is 0. The number of aliphatic hydroxyl groups is 1. The van der Waals surface area contributed by atoms with Crippen molar-refractivity contribution in [1.29, 1.82) is 0 Å². The molecule has 3 rings (SSSR count). The van der Waals surface area contributed by atoms with Crippen molar-refractivity contribution in [2.75, 3.05) is 0 Å². The summed E-state index contributed by atoms with van der Waals surface area (Å²) in [5.41, 5.74) is 1.36. The van der Waals surface area contributed by atoms with Crippen LogP contribution in [0.1, 0.15) is 73.1 Å². The van der Waals surface area contributed by atoms with Crippen molar-refractivity contribution < 1.29 is 9.90 Å². The van der Waals surface area contributed by atoms with Crippen LogP contribution in [0.25, 0.3) is 0 Å². The van der Waals surface area contributed by atoms with E-state index in [4.69, 9.17) is 0 Å². The lowest BCUT2D eigenvalue weighted by Gasteiger charge is -2.44. The lowest BCUT2D eigenvalue weighted by atomic mass is 9.62. The van der Waals surface area contributed by atoms with E-state index in [0.29, 0.717) is 6.42 Å². The van der Waals surface area contributed by atoms with Crippen LogP contribution >= 0.6 is 0 Å². The molecule has 1 unspecified atom stereocenters. The summed E-state index contributed by atoms with van der Waals surface area (Å²) < 4.78 is 0. The summed E-state index contributed by atoms with van der Waals surface area (Å²) in [6.07, 6.45) is 6.07. The van der Waals surface area contributed by atoms with Gasteiger partial charge in [-0.1, -0.05) is 27.7 Å². The Morgan fingerprint density at radius 2 is 1.86 bits per heavy atom. The van der Waals surface area contributed by atoms with Crippen molar-refractivity contribution in [3.8, 4) is 0 Å². The number of hydrogen-bond acceptors (Lipinski definition) is 2. The van der Waals surface area contributed by atoms with E-state index in [1.807, 2.05) is 6.92 Å². The van der Waals surface area contributed by atoms with Crippen molar-refractivity contribution in [1.82, 2.24) is 0 Å². The van der Waals surface area contributed by atoms with Crippen LogP contribution in [0.15, 0.2) is 11.1 Å². The van der Waals surface area contributed by atoms with Gasteiger partial charge < -0.3 is 5.11 Å². The highest BCUT2D eigenvalue weighted by atomic mass is 16.3. The topological polar surface area (TPSA) is 37.3 Å². The lowest BCUT2D eigenvalue weighted by molar-refractivity contribution is -0.118. The molecule has 3 aliphatic rings. The zero-order valence-corrected chi connectivity index (χ0v) is 14.9. The second-order valence-electron chi connectivity index (χ2n) is 8.99. The Hall–Kier alpha value is -0.630. The Balaban J connectivity index is 2.01. The minimum absolute atomic E-state index is 0.171. The normalized spacial score (nSPS) is 45.8. The van der Waals surface area contributed by atoms with Gasteiger partial charge >= 0.3 is 0 Å². The average Bonchev–Trinajstić information content (AvgIpc) is 2.86. The largest absolute Gasteiger partial charge is 0.385 e. The molecule has 0 spiro atoms. The minimum atomic E-state index is -0.856. The maximum absolute atomic E-state index is 12.3. The van der Waals surface area contributed by atoms with Crippen LogP contribution in [0.3, 0.4) is 0 Å². The maximum atomic E-state index is 12.3. The number of carbonyl (C=O) groups excluding carboxylic acids is 1. The summed E-state index contributed by atoms with van der Waals surface area (Å²) >= 11 is 0. The predicted octanol–water partition coefficient (Wildman–Crippen LogP) is 4.52. The Kier molecular flexibility index (Phi) is 3.83. The van der Waals surface area contributed by atoms with E-state index in [-0.39, 0.29) is 17.1 Å². The van der Waals surface area contributed by atoms with Gasteiger partial charge in [-0.3, -0.25) is 4.79 Å². The molecule has 3 aliphatic carbocycles. The van der Waals surface area contributed by atoms with Crippen LogP contribution < -0.4 is 0 Å². The van der Waals surface area contributed by atoms with Gasteiger partial charge in [-0.05, 0) is 79.3 Å². The number of carbonyl (C=O) groups is 1. The molecular weight excluding hydrogens is 272 g/mol. The van der Waals surface area contributed by atoms with Gasteiger partial charge in [0.25, 0.3) is 0 Å². The highest BCUT2D eigenvalue weighted by Gasteiger charge is 2.54. The molecule has 0 aromatic carbocycles. The quantitative estimate of drug-likeness (QED) is 0.773. The molecule has 0 heterocycles. The molecule has 124 valence electrons. The fourth-order valence-corrected chi connectivity index (χ4v) is 5.79. The van der Waals surface area contributed by atoms with Crippen molar-refractivity contribution in [2.45, 2.75) is 78.7 Å². The molecule has 22 heavy (non-hydrogen) atoms. The molecule has 0 aromatic heterocycles. The van der Waals surface area contributed by atoms with Crippen molar-refractivity contribution in [3.05, 3.63) is 11.1 Å². The van der Waals surface area contributed by atoms with Crippen LogP contribution in [0.2, 0.25) is 0 Å². The van der Waals surface area contributed by atoms with E-state index in [0.717, 1.165) is 41.7 Å². The van der Waals surface area contributed by atoms with Gasteiger partial charge in [0, 0.05) is 6.42 Å². The molecule has 0 bridgehead atoms. The molecule has 0 aliphatic heterocycles. The van der Waals surface area contributed by atoms with Gasteiger partial charge in [-0.25, -0.2) is 0 Å². The van der Waals surface area contributed by atoms with Crippen LogP contribution in [0.4, 0.5) is 0 Å². The highest BCUT2D eigenvalue weighted by Crippen LogP contribution is 2.59. The second kappa shape index (κ2) is 5.19. The van der Waals surface area contributed by atoms with E-state index in [1.54, 1.807) is 0 Å². The molecule has 1 N–H and O–H groups in total. The summed E-state index contributed by atoms with van der Waals surface area (Å²) in [7, 11) is 0. The van der Waals surface area contributed by atoms with E-state index in [2.05, 4.69) is 27.7 Å². The first-order valence-electron chi connectivity index (χ1n) is 9.15. The molecule has 2 fully saturated rings. The minimum Gasteiger partial charge on any atom is -0.385 e. The molecule has 5 atom stereocenters. The summed E-state index contributed by atoms with van der Waals surface area (Å²) in [6.45, 7) is 11.2. The second-order valence-corrected chi connectivity index (χ2v) is 8.99. The maximum Gasteiger partial charge on any atom is 0.161 e. The monoisotopic (exact) mass is 304 g/mol. The first-order valence-corrected chi connectivity index (χ1v) is 9.15. The van der Waals surface area contributed by atoms with Crippen LogP contribution in [0.5, 0.6) is 0 Å². The molecule has 2 saturated carbocycles. The van der Waals surface area contributed by atoms with E-state index < -0.39 is 5.60 Å². The Morgan fingerprint density at radius 3 is 2.50 bits per heavy atom. The molecule has 0 radical (unpaired) electrons. The number of Topliss-reactive ketones (excluding diaryl/α,β-unsaturated/α-hetero) is 1. The number of rotatable bonds is 1. The van der Waals surface area contributed by atoms with Gasteiger partial charge in [0.2, 0.25) is 0 Å². The van der Waals surface area contributed by atoms with Gasteiger partial charge in [0.15, 0.2) is 5.78 Å². The summed E-state index contributed by atoms with van der Waals surface area (Å²) in [4.78, 5) is 12.3. The van der Waals surface area contributed by atoms with E-state index in [9.17, 15) is 9.90 Å². The molecule has 0 saturated heterocycles. The first kappa shape index (κ1) is 16.2. The number of allylic oxidation sites excluding steroid dienone is 1. The van der Waals surface area contributed by atoms with E-state index in [1.165, 1.54) is 19.3 Å². The molecule has 2 nitrogen and oxygen atoms in total.